The highest BCUT2D eigenvalue weighted by molar-refractivity contribution is 7.89. The van der Waals surface area contributed by atoms with Gasteiger partial charge in [-0.25, -0.2) is 8.42 Å². The zero-order chi connectivity index (χ0) is 22.4. The number of nitro benzene ring substituents is 1. The van der Waals surface area contributed by atoms with Crippen molar-refractivity contribution in [1.29, 1.82) is 0 Å². The Balaban J connectivity index is 1.52. The maximum atomic E-state index is 12.7. The van der Waals surface area contributed by atoms with Crippen molar-refractivity contribution in [2.24, 2.45) is 0 Å². The van der Waals surface area contributed by atoms with Crippen LogP contribution >= 0.6 is 0 Å². The molecule has 166 valence electrons. The average molecular weight is 448 g/mol. The van der Waals surface area contributed by atoms with Crippen molar-refractivity contribution in [3.63, 3.8) is 0 Å². The molecule has 1 aliphatic heterocycles. The van der Waals surface area contributed by atoms with Gasteiger partial charge in [0.25, 0.3) is 11.6 Å². The molecule has 10 heteroatoms. The number of carbonyl (C=O) groups excluding carboxylic acids is 1. The second-order valence-corrected chi connectivity index (χ2v) is 9.19. The summed E-state index contributed by atoms with van der Waals surface area (Å²) in [7, 11) is -3.49. The fraction of sp³-hybridized carbons (Fsp3) is 0.381. The van der Waals surface area contributed by atoms with Crippen molar-refractivity contribution in [3.05, 3.63) is 63.7 Å². The van der Waals surface area contributed by atoms with Crippen LogP contribution in [0.15, 0.2) is 47.4 Å². The zero-order valence-electron chi connectivity index (χ0n) is 17.2. The van der Waals surface area contributed by atoms with Crippen LogP contribution in [0.4, 0.5) is 5.69 Å². The third-order valence-corrected chi connectivity index (χ3v) is 7.09. The number of sulfonamides is 1. The van der Waals surface area contributed by atoms with Crippen LogP contribution in [0, 0.1) is 17.0 Å². The molecule has 2 aromatic carbocycles. The van der Waals surface area contributed by atoms with Crippen LogP contribution in [-0.2, 0) is 10.0 Å². The van der Waals surface area contributed by atoms with Gasteiger partial charge >= 0.3 is 0 Å². The van der Waals surface area contributed by atoms with Gasteiger partial charge in [0, 0.05) is 30.3 Å². The largest absolute Gasteiger partial charge is 0.492 e. The number of rotatable bonds is 8. The maximum Gasteiger partial charge on any atom is 0.273 e. The Bertz CT molecular complexity index is 1050. The van der Waals surface area contributed by atoms with Crippen LogP contribution in [0.5, 0.6) is 5.75 Å². The molecular weight excluding hydrogens is 422 g/mol. The summed E-state index contributed by atoms with van der Waals surface area (Å²) < 4.78 is 32.4. The molecule has 9 nitrogen and oxygen atoms in total. The number of hydrogen-bond donors (Lipinski definition) is 1. The molecule has 0 radical (unpaired) electrons. The Hall–Kier alpha value is -2.98. The van der Waals surface area contributed by atoms with Gasteiger partial charge in [0.1, 0.15) is 12.4 Å². The summed E-state index contributed by atoms with van der Waals surface area (Å²) in [5, 5.41) is 13.7. The van der Waals surface area contributed by atoms with E-state index >= 15 is 0 Å². The molecular formula is C21H25N3O6S. The minimum Gasteiger partial charge on any atom is -0.492 e. The van der Waals surface area contributed by atoms with Crippen molar-refractivity contribution >= 4 is 21.6 Å². The maximum absolute atomic E-state index is 12.7. The SMILES string of the molecule is Cc1c(C(=O)NCCOc2ccc(S(=O)(=O)N3CCCCC3)cc2)cccc1[N+](=O)[O-]. The lowest BCUT2D eigenvalue weighted by Gasteiger charge is -2.25. The van der Waals surface area contributed by atoms with Gasteiger partial charge in [-0.2, -0.15) is 4.31 Å². The second-order valence-electron chi connectivity index (χ2n) is 7.25. The Kier molecular flexibility index (Phi) is 7.24. The van der Waals surface area contributed by atoms with E-state index in [1.807, 2.05) is 0 Å². The molecule has 1 amide bonds. The Morgan fingerprint density at radius 3 is 2.45 bits per heavy atom. The molecule has 1 aliphatic rings. The first-order chi connectivity index (χ1) is 14.8. The first kappa shape index (κ1) is 22.7. The Morgan fingerprint density at radius 1 is 1.13 bits per heavy atom. The summed E-state index contributed by atoms with van der Waals surface area (Å²) in [6.07, 6.45) is 2.81. The predicted octanol–water partition coefficient (Wildman–Crippen LogP) is 2.89. The molecule has 0 aromatic heterocycles. The lowest BCUT2D eigenvalue weighted by Crippen LogP contribution is -2.35. The normalized spacial score (nSPS) is 14.7. The number of amides is 1. The smallest absolute Gasteiger partial charge is 0.273 e. The van der Waals surface area contributed by atoms with Crippen molar-refractivity contribution in [2.75, 3.05) is 26.2 Å². The number of nitrogens with zero attached hydrogens (tertiary/aromatic N) is 2. The number of ether oxygens (including phenoxy) is 1. The third-order valence-electron chi connectivity index (χ3n) is 5.18. The summed E-state index contributed by atoms with van der Waals surface area (Å²) in [6, 6.07) is 10.6. The fourth-order valence-corrected chi connectivity index (χ4v) is 4.98. The van der Waals surface area contributed by atoms with Gasteiger partial charge in [0.05, 0.1) is 16.4 Å². The van der Waals surface area contributed by atoms with E-state index in [0.717, 1.165) is 19.3 Å². The van der Waals surface area contributed by atoms with E-state index in [-0.39, 0.29) is 29.3 Å². The van der Waals surface area contributed by atoms with Crippen molar-refractivity contribution < 1.29 is 22.9 Å². The molecule has 2 aromatic rings. The Labute approximate surface area is 181 Å². The lowest BCUT2D eigenvalue weighted by molar-refractivity contribution is -0.385. The number of piperidine rings is 1. The predicted molar refractivity (Wildman–Crippen MR) is 115 cm³/mol. The third kappa shape index (κ3) is 5.39. The molecule has 0 saturated carbocycles. The van der Waals surface area contributed by atoms with E-state index in [9.17, 15) is 23.3 Å². The van der Waals surface area contributed by atoms with Gasteiger partial charge in [-0.15, -0.1) is 0 Å². The van der Waals surface area contributed by atoms with E-state index in [4.69, 9.17) is 4.74 Å². The minimum absolute atomic E-state index is 0.108. The second kappa shape index (κ2) is 9.88. The van der Waals surface area contributed by atoms with Crippen LogP contribution < -0.4 is 10.1 Å². The molecule has 1 N–H and O–H groups in total. The number of nitro groups is 1. The average Bonchev–Trinajstić information content (AvgIpc) is 2.77. The van der Waals surface area contributed by atoms with Gasteiger partial charge < -0.3 is 10.1 Å². The first-order valence-electron chi connectivity index (χ1n) is 10.1. The molecule has 0 spiro atoms. The molecule has 0 unspecified atom stereocenters. The van der Waals surface area contributed by atoms with E-state index in [0.29, 0.717) is 24.4 Å². The molecule has 1 heterocycles. The first-order valence-corrected chi connectivity index (χ1v) is 11.5. The summed E-state index contributed by atoms with van der Waals surface area (Å²) >= 11 is 0. The van der Waals surface area contributed by atoms with E-state index < -0.39 is 20.9 Å². The monoisotopic (exact) mass is 447 g/mol. The molecule has 1 saturated heterocycles. The van der Waals surface area contributed by atoms with Crippen molar-refractivity contribution in [1.82, 2.24) is 9.62 Å². The lowest BCUT2D eigenvalue weighted by atomic mass is 10.1. The summed E-state index contributed by atoms with van der Waals surface area (Å²) in [6.45, 7) is 2.98. The van der Waals surface area contributed by atoms with Gasteiger partial charge in [-0.3, -0.25) is 14.9 Å². The highest BCUT2D eigenvalue weighted by Gasteiger charge is 2.25. The molecule has 1 fully saturated rings. The number of nitrogens with one attached hydrogen (secondary N) is 1. The number of carbonyl (C=O) groups is 1. The van der Waals surface area contributed by atoms with Crippen LogP contribution in [0.1, 0.15) is 35.2 Å². The zero-order valence-corrected chi connectivity index (χ0v) is 18.1. The molecule has 31 heavy (non-hydrogen) atoms. The van der Waals surface area contributed by atoms with Crippen LogP contribution in [0.25, 0.3) is 0 Å². The highest BCUT2D eigenvalue weighted by Crippen LogP contribution is 2.23. The van der Waals surface area contributed by atoms with Crippen molar-refractivity contribution in [2.45, 2.75) is 31.1 Å². The van der Waals surface area contributed by atoms with Gasteiger partial charge in [0.15, 0.2) is 0 Å². The fourth-order valence-electron chi connectivity index (χ4n) is 3.46. The summed E-state index contributed by atoms with van der Waals surface area (Å²) in [5.41, 5.74) is 0.432. The molecule has 3 rings (SSSR count). The molecule has 0 bridgehead atoms. The quantitative estimate of drug-likeness (QED) is 0.378. The van der Waals surface area contributed by atoms with Crippen LogP contribution in [-0.4, -0.2) is 49.8 Å². The summed E-state index contributed by atoms with van der Waals surface area (Å²) in [4.78, 5) is 23.0. The summed E-state index contributed by atoms with van der Waals surface area (Å²) in [5.74, 6) is 0.0612. The molecule has 0 atom stereocenters. The van der Waals surface area contributed by atoms with Gasteiger partial charge in [-0.1, -0.05) is 12.5 Å². The van der Waals surface area contributed by atoms with Gasteiger partial charge in [0.2, 0.25) is 10.0 Å². The van der Waals surface area contributed by atoms with Gasteiger partial charge in [-0.05, 0) is 50.1 Å². The number of benzene rings is 2. The van der Waals surface area contributed by atoms with E-state index in [1.54, 1.807) is 12.1 Å². The van der Waals surface area contributed by atoms with Crippen molar-refractivity contribution in [3.8, 4) is 5.75 Å². The van der Waals surface area contributed by atoms with E-state index in [1.165, 1.54) is 41.6 Å². The number of hydrogen-bond acceptors (Lipinski definition) is 6. The topological polar surface area (TPSA) is 119 Å². The van der Waals surface area contributed by atoms with Crippen LogP contribution in [0.3, 0.4) is 0 Å². The standard InChI is InChI=1S/C21H25N3O6S/c1-16-19(6-5-7-20(16)24(26)27)21(25)22-12-15-30-17-8-10-18(11-9-17)31(28,29)23-13-3-2-4-14-23/h5-11H,2-4,12-15H2,1H3,(H,22,25). The Morgan fingerprint density at radius 2 is 1.81 bits per heavy atom. The highest BCUT2D eigenvalue weighted by atomic mass is 32.2. The minimum atomic E-state index is -3.49. The van der Waals surface area contributed by atoms with E-state index in [2.05, 4.69) is 5.32 Å². The molecule has 0 aliphatic carbocycles. The van der Waals surface area contributed by atoms with Crippen LogP contribution in [0.2, 0.25) is 0 Å².